The summed E-state index contributed by atoms with van der Waals surface area (Å²) in [6.07, 6.45) is -1.27. The van der Waals surface area contributed by atoms with Gasteiger partial charge in [-0.25, -0.2) is 28.7 Å². The summed E-state index contributed by atoms with van der Waals surface area (Å²) in [5.41, 5.74) is -0.861. The number of anilines is 2. The SMILES string of the molecule is C=C(Nc1nc(-c2ccccc2C(F)(F)F)nc2nccnc12)c1cc(F)cc(F)c1NCCC. The predicted octanol–water partition coefficient (Wildman–Crippen LogP) is 6.29. The number of rotatable bonds is 7. The van der Waals surface area contributed by atoms with Crippen molar-refractivity contribution in [3.63, 3.8) is 0 Å². The zero-order chi connectivity index (χ0) is 25.2. The predicted molar refractivity (Wildman–Crippen MR) is 123 cm³/mol. The van der Waals surface area contributed by atoms with E-state index in [1.807, 2.05) is 6.92 Å². The van der Waals surface area contributed by atoms with E-state index >= 15 is 0 Å². The average Bonchev–Trinajstić information content (AvgIpc) is 2.82. The number of hydrogen-bond donors (Lipinski definition) is 2. The molecule has 0 aliphatic heterocycles. The molecule has 0 saturated carbocycles. The van der Waals surface area contributed by atoms with Crippen molar-refractivity contribution >= 4 is 28.4 Å². The summed E-state index contributed by atoms with van der Waals surface area (Å²) < 4.78 is 69.4. The van der Waals surface area contributed by atoms with Gasteiger partial charge in [-0.15, -0.1) is 0 Å². The van der Waals surface area contributed by atoms with Crippen molar-refractivity contribution < 1.29 is 22.0 Å². The number of fused-ring (bicyclic) bond motifs is 1. The van der Waals surface area contributed by atoms with Crippen molar-refractivity contribution in [3.8, 4) is 11.4 Å². The highest BCUT2D eigenvalue weighted by Crippen LogP contribution is 2.37. The Morgan fingerprint density at radius 3 is 2.51 bits per heavy atom. The molecule has 0 bridgehead atoms. The topological polar surface area (TPSA) is 75.6 Å². The molecule has 6 nitrogen and oxygen atoms in total. The molecule has 0 spiro atoms. The molecule has 0 saturated heterocycles. The number of halogens is 5. The number of alkyl halides is 3. The third kappa shape index (κ3) is 5.03. The third-order valence-electron chi connectivity index (χ3n) is 5.01. The minimum Gasteiger partial charge on any atom is -0.382 e. The van der Waals surface area contributed by atoms with Crippen LogP contribution in [0.3, 0.4) is 0 Å². The van der Waals surface area contributed by atoms with Gasteiger partial charge in [0.2, 0.25) is 0 Å². The molecule has 2 aromatic heterocycles. The van der Waals surface area contributed by atoms with Crippen LogP contribution in [-0.4, -0.2) is 26.5 Å². The lowest BCUT2D eigenvalue weighted by Crippen LogP contribution is -2.11. The Kier molecular flexibility index (Phi) is 6.59. The summed E-state index contributed by atoms with van der Waals surface area (Å²) in [6, 6.07) is 6.69. The molecule has 11 heteroatoms. The maximum absolute atomic E-state index is 14.5. The summed E-state index contributed by atoms with van der Waals surface area (Å²) in [5, 5.41) is 5.73. The lowest BCUT2D eigenvalue weighted by Gasteiger charge is -2.17. The molecule has 0 fully saturated rings. The van der Waals surface area contributed by atoms with Gasteiger partial charge >= 0.3 is 6.18 Å². The number of nitrogens with zero attached hydrogens (tertiary/aromatic N) is 4. The van der Waals surface area contributed by atoms with Gasteiger partial charge in [-0.2, -0.15) is 13.2 Å². The summed E-state index contributed by atoms with van der Waals surface area (Å²) in [6.45, 7) is 6.17. The molecule has 0 radical (unpaired) electrons. The first kappa shape index (κ1) is 24.0. The van der Waals surface area contributed by atoms with Crippen LogP contribution in [0.25, 0.3) is 28.2 Å². The fourth-order valence-electron chi connectivity index (χ4n) is 3.45. The van der Waals surface area contributed by atoms with E-state index in [-0.39, 0.29) is 45.3 Å². The first-order valence-corrected chi connectivity index (χ1v) is 10.5. The molecule has 0 aliphatic rings. The van der Waals surface area contributed by atoms with E-state index in [1.165, 1.54) is 30.6 Å². The largest absolute Gasteiger partial charge is 0.417 e. The van der Waals surface area contributed by atoms with Gasteiger partial charge in [0.05, 0.1) is 11.3 Å². The molecule has 0 unspecified atom stereocenters. The quantitative estimate of drug-likeness (QED) is 0.299. The second-order valence-corrected chi connectivity index (χ2v) is 7.51. The first-order chi connectivity index (χ1) is 16.7. The van der Waals surface area contributed by atoms with Gasteiger partial charge < -0.3 is 10.6 Å². The summed E-state index contributed by atoms with van der Waals surface area (Å²) in [4.78, 5) is 16.7. The van der Waals surface area contributed by atoms with Crippen LogP contribution in [0.5, 0.6) is 0 Å². The van der Waals surface area contributed by atoms with Crippen molar-refractivity contribution in [2.24, 2.45) is 0 Å². The highest BCUT2D eigenvalue weighted by molar-refractivity contribution is 5.91. The maximum Gasteiger partial charge on any atom is 0.417 e. The van der Waals surface area contributed by atoms with E-state index in [0.717, 1.165) is 18.2 Å². The fourth-order valence-corrected chi connectivity index (χ4v) is 3.45. The van der Waals surface area contributed by atoms with Crippen molar-refractivity contribution in [1.82, 2.24) is 19.9 Å². The van der Waals surface area contributed by atoms with Crippen LogP contribution in [0.2, 0.25) is 0 Å². The molecular weight excluding hydrogens is 467 g/mol. The maximum atomic E-state index is 14.5. The first-order valence-electron chi connectivity index (χ1n) is 10.5. The molecule has 2 heterocycles. The zero-order valence-electron chi connectivity index (χ0n) is 18.4. The van der Waals surface area contributed by atoms with Gasteiger partial charge in [-0.3, -0.25) is 0 Å². The summed E-state index contributed by atoms with van der Waals surface area (Å²) in [5.74, 6) is -1.92. The van der Waals surface area contributed by atoms with Gasteiger partial charge in [0.25, 0.3) is 0 Å². The van der Waals surface area contributed by atoms with E-state index in [0.29, 0.717) is 13.0 Å². The molecule has 180 valence electrons. The Balaban J connectivity index is 1.83. The van der Waals surface area contributed by atoms with Gasteiger partial charge in [-0.1, -0.05) is 31.7 Å². The van der Waals surface area contributed by atoms with E-state index in [2.05, 4.69) is 37.1 Å². The number of aromatic nitrogens is 4. The van der Waals surface area contributed by atoms with Crippen LogP contribution < -0.4 is 10.6 Å². The van der Waals surface area contributed by atoms with E-state index in [4.69, 9.17) is 0 Å². The molecule has 0 amide bonds. The van der Waals surface area contributed by atoms with Crippen LogP contribution in [-0.2, 0) is 6.18 Å². The number of nitrogens with one attached hydrogen (secondary N) is 2. The Morgan fingerprint density at radius 1 is 1.03 bits per heavy atom. The Bertz CT molecular complexity index is 1400. The van der Waals surface area contributed by atoms with Crippen LogP contribution in [0.15, 0.2) is 55.4 Å². The second kappa shape index (κ2) is 9.61. The Morgan fingerprint density at radius 2 is 1.77 bits per heavy atom. The van der Waals surface area contributed by atoms with Gasteiger partial charge in [0, 0.05) is 41.8 Å². The Hall–Kier alpha value is -4.15. The summed E-state index contributed by atoms with van der Waals surface area (Å²) in [7, 11) is 0. The van der Waals surface area contributed by atoms with Crippen molar-refractivity contribution in [2.45, 2.75) is 19.5 Å². The minimum absolute atomic E-state index is 0.0220. The normalized spacial score (nSPS) is 11.5. The van der Waals surface area contributed by atoms with Crippen LogP contribution in [0, 0.1) is 11.6 Å². The van der Waals surface area contributed by atoms with Crippen molar-refractivity contribution in [2.75, 3.05) is 17.2 Å². The summed E-state index contributed by atoms with van der Waals surface area (Å²) >= 11 is 0. The molecule has 35 heavy (non-hydrogen) atoms. The standard InChI is InChI=1S/C24H19F5N6/c1-3-8-30-19-16(11-14(25)12-18(19)26)13(2)33-23-20-22(32-10-9-31-20)34-21(35-23)15-6-4-5-7-17(15)24(27,28)29/h4-7,9-12,30H,2-3,8H2,1H3,(H,32,33,34,35). The minimum atomic E-state index is -4.65. The zero-order valence-corrected chi connectivity index (χ0v) is 18.4. The number of benzene rings is 2. The van der Waals surface area contributed by atoms with E-state index in [9.17, 15) is 22.0 Å². The molecule has 4 aromatic rings. The molecule has 2 N–H and O–H groups in total. The van der Waals surface area contributed by atoms with E-state index < -0.39 is 23.4 Å². The average molecular weight is 486 g/mol. The van der Waals surface area contributed by atoms with Crippen molar-refractivity contribution in [1.29, 1.82) is 0 Å². The molecule has 0 aliphatic carbocycles. The van der Waals surface area contributed by atoms with Crippen LogP contribution in [0.4, 0.5) is 33.5 Å². The van der Waals surface area contributed by atoms with Gasteiger partial charge in [-0.05, 0) is 18.6 Å². The fraction of sp³-hybridized carbons (Fsp3) is 0.167. The molecular formula is C24H19F5N6. The monoisotopic (exact) mass is 486 g/mol. The van der Waals surface area contributed by atoms with Crippen LogP contribution >= 0.6 is 0 Å². The van der Waals surface area contributed by atoms with Gasteiger partial charge in [0.15, 0.2) is 22.8 Å². The highest BCUT2D eigenvalue weighted by Gasteiger charge is 2.34. The van der Waals surface area contributed by atoms with Crippen LogP contribution in [0.1, 0.15) is 24.5 Å². The van der Waals surface area contributed by atoms with Crippen molar-refractivity contribution in [3.05, 3.63) is 78.1 Å². The second-order valence-electron chi connectivity index (χ2n) is 7.51. The Labute approximate surface area is 197 Å². The lowest BCUT2D eigenvalue weighted by atomic mass is 10.1. The lowest BCUT2D eigenvalue weighted by molar-refractivity contribution is -0.137. The molecule has 4 rings (SSSR count). The molecule has 0 atom stereocenters. The smallest absolute Gasteiger partial charge is 0.382 e. The highest BCUT2D eigenvalue weighted by atomic mass is 19.4. The van der Waals surface area contributed by atoms with E-state index in [1.54, 1.807) is 0 Å². The third-order valence-corrected chi connectivity index (χ3v) is 5.01. The molecule has 2 aromatic carbocycles. The van der Waals surface area contributed by atoms with Gasteiger partial charge in [0.1, 0.15) is 11.6 Å². The number of hydrogen-bond acceptors (Lipinski definition) is 6.